The fourth-order valence-electron chi connectivity index (χ4n) is 1.73. The largest absolute Gasteiger partial charge is 0.264 e. The number of hydrogen-bond donors (Lipinski definition) is 0. The second kappa shape index (κ2) is 5.40. The molecule has 0 amide bonds. The summed E-state index contributed by atoms with van der Waals surface area (Å²) in [7, 11) is 0. The summed E-state index contributed by atoms with van der Waals surface area (Å²) >= 11 is 3.43. The third kappa shape index (κ3) is 2.72. The van der Waals surface area contributed by atoms with E-state index in [1.54, 1.807) is 6.20 Å². The Hall–Kier alpha value is -1.23. The topological polar surface area (TPSA) is 43.6 Å². The molecule has 0 aromatic carbocycles. The zero-order valence-corrected chi connectivity index (χ0v) is 11.6. The van der Waals surface area contributed by atoms with Crippen molar-refractivity contribution < 1.29 is 0 Å². The van der Waals surface area contributed by atoms with Crippen molar-refractivity contribution in [2.24, 2.45) is 0 Å². The average Bonchev–Trinajstić information content (AvgIpc) is 2.76. The molecule has 4 nitrogen and oxygen atoms in total. The number of aryl methyl sites for hydroxylation is 2. The van der Waals surface area contributed by atoms with Crippen LogP contribution >= 0.6 is 15.9 Å². The molecule has 0 radical (unpaired) electrons. The number of nitrogens with zero attached hydrogens (tertiary/aromatic N) is 4. The summed E-state index contributed by atoms with van der Waals surface area (Å²) in [6.07, 6.45) is 3.74. The first-order valence-corrected chi connectivity index (χ1v) is 6.59. The molecule has 90 valence electrons. The van der Waals surface area contributed by atoms with Gasteiger partial charge in [0.2, 0.25) is 0 Å². The Morgan fingerprint density at radius 2 is 2.12 bits per heavy atom. The first-order chi connectivity index (χ1) is 8.24. The van der Waals surface area contributed by atoms with Gasteiger partial charge in [-0.1, -0.05) is 6.92 Å². The fraction of sp³-hybridized carbons (Fsp3) is 0.417. The Balaban J connectivity index is 2.44. The van der Waals surface area contributed by atoms with E-state index in [2.05, 4.69) is 44.8 Å². The molecular formula is C12H15BrN4. The third-order valence-electron chi connectivity index (χ3n) is 2.49. The Bertz CT molecular complexity index is 507. The van der Waals surface area contributed by atoms with Crippen molar-refractivity contribution in [3.8, 4) is 11.4 Å². The van der Waals surface area contributed by atoms with E-state index in [1.165, 1.54) is 0 Å². The lowest BCUT2D eigenvalue weighted by Crippen LogP contribution is -2.03. The zero-order chi connectivity index (χ0) is 12.3. The van der Waals surface area contributed by atoms with Gasteiger partial charge in [0.25, 0.3) is 0 Å². The molecule has 2 aromatic rings. The highest BCUT2D eigenvalue weighted by molar-refractivity contribution is 9.10. The van der Waals surface area contributed by atoms with E-state index < -0.39 is 0 Å². The Morgan fingerprint density at radius 1 is 1.29 bits per heavy atom. The zero-order valence-electron chi connectivity index (χ0n) is 10.0. The van der Waals surface area contributed by atoms with E-state index in [0.717, 1.165) is 41.2 Å². The predicted octanol–water partition coefficient (Wildman–Crippen LogP) is 3.08. The molecule has 0 bridgehead atoms. The summed E-state index contributed by atoms with van der Waals surface area (Å²) in [5.74, 6) is 0.876. The van der Waals surface area contributed by atoms with Crippen LogP contribution in [0.2, 0.25) is 0 Å². The standard InChI is InChI=1S/C12H15BrN4/c1-3-5-12-15-9(8-11(13)16-12)10-6-7-14-17(10)4-2/h6-8H,3-5H2,1-2H3. The Morgan fingerprint density at radius 3 is 2.82 bits per heavy atom. The molecule has 0 fully saturated rings. The molecule has 0 aliphatic heterocycles. The SMILES string of the molecule is CCCc1nc(Br)cc(-c2ccnn2CC)n1. The minimum Gasteiger partial charge on any atom is -0.264 e. The molecule has 5 heteroatoms. The van der Waals surface area contributed by atoms with Crippen molar-refractivity contribution in [1.29, 1.82) is 0 Å². The summed E-state index contributed by atoms with van der Waals surface area (Å²) in [5.41, 5.74) is 1.96. The first-order valence-electron chi connectivity index (χ1n) is 5.80. The summed E-state index contributed by atoms with van der Waals surface area (Å²) in [6.45, 7) is 5.03. The number of aromatic nitrogens is 4. The second-order valence-corrected chi connectivity index (χ2v) is 4.59. The van der Waals surface area contributed by atoms with Crippen LogP contribution < -0.4 is 0 Å². The minimum atomic E-state index is 0.829. The van der Waals surface area contributed by atoms with Crippen LogP contribution in [0.5, 0.6) is 0 Å². The normalized spacial score (nSPS) is 10.8. The van der Waals surface area contributed by atoms with E-state index >= 15 is 0 Å². The summed E-state index contributed by atoms with van der Waals surface area (Å²) in [4.78, 5) is 8.94. The quantitative estimate of drug-likeness (QED) is 0.814. The van der Waals surface area contributed by atoms with E-state index in [4.69, 9.17) is 0 Å². The molecule has 2 rings (SSSR count). The van der Waals surface area contributed by atoms with Crippen molar-refractivity contribution in [2.45, 2.75) is 33.2 Å². The third-order valence-corrected chi connectivity index (χ3v) is 2.90. The van der Waals surface area contributed by atoms with Crippen LogP contribution in [0, 0.1) is 0 Å². The van der Waals surface area contributed by atoms with Gasteiger partial charge in [-0.05, 0) is 41.4 Å². The highest BCUT2D eigenvalue weighted by Gasteiger charge is 2.08. The van der Waals surface area contributed by atoms with Crippen molar-refractivity contribution >= 4 is 15.9 Å². The molecule has 0 saturated heterocycles. The van der Waals surface area contributed by atoms with Crippen molar-refractivity contribution in [1.82, 2.24) is 19.7 Å². The van der Waals surface area contributed by atoms with Gasteiger partial charge in [-0.15, -0.1) is 0 Å². The molecule has 0 aliphatic rings. The van der Waals surface area contributed by atoms with E-state index in [-0.39, 0.29) is 0 Å². The lowest BCUT2D eigenvalue weighted by atomic mass is 10.2. The monoisotopic (exact) mass is 294 g/mol. The van der Waals surface area contributed by atoms with Crippen LogP contribution in [0.3, 0.4) is 0 Å². The molecule has 0 aliphatic carbocycles. The van der Waals surface area contributed by atoms with Crippen LogP contribution in [-0.4, -0.2) is 19.7 Å². The van der Waals surface area contributed by atoms with Gasteiger partial charge in [0, 0.05) is 19.2 Å². The Kier molecular flexibility index (Phi) is 3.89. The van der Waals surface area contributed by atoms with Gasteiger partial charge in [-0.3, -0.25) is 4.68 Å². The first kappa shape index (κ1) is 12.2. The van der Waals surface area contributed by atoms with Gasteiger partial charge in [0.1, 0.15) is 10.4 Å². The number of hydrogen-bond acceptors (Lipinski definition) is 3. The van der Waals surface area contributed by atoms with E-state index in [1.807, 2.05) is 16.8 Å². The summed E-state index contributed by atoms with van der Waals surface area (Å²) in [6, 6.07) is 3.91. The fourth-order valence-corrected chi connectivity index (χ4v) is 2.16. The molecule has 2 aromatic heterocycles. The van der Waals surface area contributed by atoms with Gasteiger partial charge < -0.3 is 0 Å². The molecule has 0 unspecified atom stereocenters. The van der Waals surface area contributed by atoms with Crippen molar-refractivity contribution in [3.63, 3.8) is 0 Å². The van der Waals surface area contributed by atoms with Crippen molar-refractivity contribution in [3.05, 3.63) is 28.8 Å². The molecular weight excluding hydrogens is 280 g/mol. The van der Waals surface area contributed by atoms with E-state index in [0.29, 0.717) is 0 Å². The maximum absolute atomic E-state index is 4.57. The predicted molar refractivity (Wildman–Crippen MR) is 70.6 cm³/mol. The van der Waals surface area contributed by atoms with Gasteiger partial charge in [-0.25, -0.2) is 9.97 Å². The molecule has 17 heavy (non-hydrogen) atoms. The molecule has 0 saturated carbocycles. The average molecular weight is 295 g/mol. The summed E-state index contributed by atoms with van der Waals surface area (Å²) in [5, 5.41) is 4.26. The smallest absolute Gasteiger partial charge is 0.130 e. The number of halogens is 1. The number of rotatable bonds is 4. The highest BCUT2D eigenvalue weighted by atomic mass is 79.9. The van der Waals surface area contributed by atoms with Crippen LogP contribution in [0.1, 0.15) is 26.1 Å². The van der Waals surface area contributed by atoms with Crippen molar-refractivity contribution in [2.75, 3.05) is 0 Å². The van der Waals surface area contributed by atoms with Crippen LogP contribution in [0.15, 0.2) is 22.9 Å². The maximum Gasteiger partial charge on any atom is 0.130 e. The molecule has 0 spiro atoms. The van der Waals surface area contributed by atoms with Gasteiger partial charge in [0.05, 0.1) is 11.4 Å². The van der Waals surface area contributed by atoms with Crippen LogP contribution in [0.4, 0.5) is 0 Å². The lowest BCUT2D eigenvalue weighted by molar-refractivity contribution is 0.664. The lowest BCUT2D eigenvalue weighted by Gasteiger charge is -2.06. The minimum absolute atomic E-state index is 0.829. The molecule has 2 heterocycles. The molecule has 0 atom stereocenters. The maximum atomic E-state index is 4.57. The second-order valence-electron chi connectivity index (χ2n) is 3.77. The van der Waals surface area contributed by atoms with Crippen LogP contribution in [-0.2, 0) is 13.0 Å². The van der Waals surface area contributed by atoms with Gasteiger partial charge >= 0.3 is 0 Å². The molecule has 0 N–H and O–H groups in total. The highest BCUT2D eigenvalue weighted by Crippen LogP contribution is 2.20. The van der Waals surface area contributed by atoms with Crippen LogP contribution in [0.25, 0.3) is 11.4 Å². The van der Waals surface area contributed by atoms with Gasteiger partial charge in [0.15, 0.2) is 0 Å². The van der Waals surface area contributed by atoms with Gasteiger partial charge in [-0.2, -0.15) is 5.10 Å². The Labute approximate surface area is 109 Å². The van der Waals surface area contributed by atoms with E-state index in [9.17, 15) is 0 Å². The summed E-state index contributed by atoms with van der Waals surface area (Å²) < 4.78 is 2.76.